The molecule has 1 unspecified atom stereocenters. The van der Waals surface area contributed by atoms with Crippen molar-refractivity contribution in [3.8, 4) is 5.75 Å². The summed E-state index contributed by atoms with van der Waals surface area (Å²) in [5.41, 5.74) is 0.475. The van der Waals surface area contributed by atoms with Crippen LogP contribution in [-0.2, 0) is 9.59 Å². The van der Waals surface area contributed by atoms with Crippen molar-refractivity contribution in [1.29, 1.82) is 0 Å². The third kappa shape index (κ3) is 6.75. The second-order valence-electron chi connectivity index (χ2n) is 8.66. The molecule has 1 fully saturated rings. The Morgan fingerprint density at radius 3 is 2.13 bits per heavy atom. The van der Waals surface area contributed by atoms with Gasteiger partial charge in [-0.3, -0.25) is 14.4 Å². The minimum atomic E-state index is -0.635. The Hall–Kier alpha value is -2.57. The molecule has 2 rings (SSSR count). The molecule has 0 radical (unpaired) electrons. The average molecular weight is 418 g/mol. The van der Waals surface area contributed by atoms with Gasteiger partial charge >= 0.3 is 0 Å². The SMILES string of the molecule is COc1ccc(C(=O)NC(C(=O)NC(C)C)C2CCN(C(=O)CC(C)C)CC2)cc1. The molecule has 0 spiro atoms. The maximum atomic E-state index is 12.9. The Morgan fingerprint density at radius 2 is 1.63 bits per heavy atom. The van der Waals surface area contributed by atoms with E-state index >= 15 is 0 Å². The first-order valence-electron chi connectivity index (χ1n) is 10.7. The summed E-state index contributed by atoms with van der Waals surface area (Å²) in [6.45, 7) is 9.08. The number of carbonyl (C=O) groups is 3. The lowest BCUT2D eigenvalue weighted by Gasteiger charge is -2.36. The quantitative estimate of drug-likeness (QED) is 0.681. The van der Waals surface area contributed by atoms with Crippen molar-refractivity contribution in [3.63, 3.8) is 0 Å². The predicted molar refractivity (Wildman–Crippen MR) is 116 cm³/mol. The van der Waals surface area contributed by atoms with Gasteiger partial charge in [0.2, 0.25) is 11.8 Å². The first kappa shape index (κ1) is 23.7. The van der Waals surface area contributed by atoms with Crippen molar-refractivity contribution in [1.82, 2.24) is 15.5 Å². The first-order chi connectivity index (χ1) is 14.2. The van der Waals surface area contributed by atoms with E-state index in [1.165, 1.54) is 0 Å². The van der Waals surface area contributed by atoms with Gasteiger partial charge in [0, 0.05) is 31.1 Å². The van der Waals surface area contributed by atoms with Crippen LogP contribution in [0.4, 0.5) is 0 Å². The van der Waals surface area contributed by atoms with Gasteiger partial charge in [-0.2, -0.15) is 0 Å². The van der Waals surface area contributed by atoms with Crippen LogP contribution < -0.4 is 15.4 Å². The average Bonchev–Trinajstić information content (AvgIpc) is 2.71. The van der Waals surface area contributed by atoms with Crippen LogP contribution in [0.3, 0.4) is 0 Å². The molecule has 1 aliphatic rings. The molecule has 30 heavy (non-hydrogen) atoms. The van der Waals surface area contributed by atoms with Gasteiger partial charge in [-0.1, -0.05) is 13.8 Å². The van der Waals surface area contributed by atoms with Gasteiger partial charge in [-0.05, 0) is 62.8 Å². The zero-order chi connectivity index (χ0) is 22.3. The van der Waals surface area contributed by atoms with Crippen LogP contribution in [0.25, 0.3) is 0 Å². The van der Waals surface area contributed by atoms with E-state index in [9.17, 15) is 14.4 Å². The fraction of sp³-hybridized carbons (Fsp3) is 0.609. The number of carbonyl (C=O) groups excluding carboxylic acids is 3. The number of nitrogens with one attached hydrogen (secondary N) is 2. The van der Waals surface area contributed by atoms with Crippen molar-refractivity contribution >= 4 is 17.7 Å². The van der Waals surface area contributed by atoms with Crippen LogP contribution in [0.15, 0.2) is 24.3 Å². The molecule has 1 heterocycles. The second kappa shape index (κ2) is 11.0. The molecule has 7 nitrogen and oxygen atoms in total. The molecule has 3 amide bonds. The van der Waals surface area contributed by atoms with Crippen LogP contribution in [0.1, 0.15) is 57.3 Å². The van der Waals surface area contributed by atoms with E-state index in [0.29, 0.717) is 49.6 Å². The first-order valence-corrected chi connectivity index (χ1v) is 10.7. The molecule has 1 atom stereocenters. The minimum absolute atomic E-state index is 0.0194. The smallest absolute Gasteiger partial charge is 0.251 e. The van der Waals surface area contributed by atoms with Gasteiger partial charge in [-0.15, -0.1) is 0 Å². The Morgan fingerprint density at radius 1 is 1.03 bits per heavy atom. The highest BCUT2D eigenvalue weighted by Crippen LogP contribution is 2.23. The number of piperidine rings is 1. The van der Waals surface area contributed by atoms with Crippen molar-refractivity contribution in [2.45, 2.75) is 59.0 Å². The largest absolute Gasteiger partial charge is 0.497 e. The van der Waals surface area contributed by atoms with Gasteiger partial charge in [-0.25, -0.2) is 0 Å². The standard InChI is InChI=1S/C23H35N3O4/c1-15(2)14-20(27)26-12-10-17(11-13-26)21(23(29)24-16(3)4)25-22(28)18-6-8-19(30-5)9-7-18/h6-9,15-17,21H,10-14H2,1-5H3,(H,24,29)(H,25,28). The number of rotatable bonds is 8. The number of amides is 3. The highest BCUT2D eigenvalue weighted by Gasteiger charge is 2.34. The van der Waals surface area contributed by atoms with Crippen LogP contribution in [0.5, 0.6) is 5.75 Å². The summed E-state index contributed by atoms with van der Waals surface area (Å²) in [4.78, 5) is 39.9. The Kier molecular flexibility index (Phi) is 8.69. The summed E-state index contributed by atoms with van der Waals surface area (Å²) in [7, 11) is 1.57. The van der Waals surface area contributed by atoms with E-state index in [1.807, 2.05) is 32.6 Å². The fourth-order valence-electron chi connectivity index (χ4n) is 3.70. The third-order valence-electron chi connectivity index (χ3n) is 5.30. The van der Waals surface area contributed by atoms with Crippen molar-refractivity contribution < 1.29 is 19.1 Å². The molecule has 1 saturated heterocycles. The van der Waals surface area contributed by atoms with Crippen molar-refractivity contribution in [2.75, 3.05) is 20.2 Å². The van der Waals surface area contributed by atoms with Crippen LogP contribution >= 0.6 is 0 Å². The summed E-state index contributed by atoms with van der Waals surface area (Å²) in [6.07, 6.45) is 1.90. The van der Waals surface area contributed by atoms with E-state index in [4.69, 9.17) is 4.74 Å². The summed E-state index contributed by atoms with van der Waals surface area (Å²) in [5.74, 6) is 0.657. The molecule has 0 aliphatic carbocycles. The molecule has 0 bridgehead atoms. The molecule has 166 valence electrons. The lowest BCUT2D eigenvalue weighted by molar-refractivity contribution is -0.133. The zero-order valence-electron chi connectivity index (χ0n) is 18.7. The predicted octanol–water partition coefficient (Wildman–Crippen LogP) is 2.60. The molecule has 1 aromatic rings. The van der Waals surface area contributed by atoms with Crippen LogP contribution in [-0.4, -0.2) is 54.9 Å². The van der Waals surface area contributed by atoms with Gasteiger partial charge in [0.1, 0.15) is 11.8 Å². The molecule has 7 heteroatoms. The van der Waals surface area contributed by atoms with E-state index in [2.05, 4.69) is 10.6 Å². The minimum Gasteiger partial charge on any atom is -0.497 e. The fourth-order valence-corrected chi connectivity index (χ4v) is 3.70. The highest BCUT2D eigenvalue weighted by molar-refractivity contribution is 5.97. The van der Waals surface area contributed by atoms with Gasteiger partial charge in [0.25, 0.3) is 5.91 Å². The third-order valence-corrected chi connectivity index (χ3v) is 5.30. The maximum Gasteiger partial charge on any atom is 0.251 e. The zero-order valence-corrected chi connectivity index (χ0v) is 18.7. The van der Waals surface area contributed by atoms with Crippen molar-refractivity contribution in [2.24, 2.45) is 11.8 Å². The number of ether oxygens (including phenoxy) is 1. The second-order valence-corrected chi connectivity index (χ2v) is 8.66. The van der Waals surface area contributed by atoms with Gasteiger partial charge in [0.15, 0.2) is 0 Å². The van der Waals surface area contributed by atoms with Crippen molar-refractivity contribution in [3.05, 3.63) is 29.8 Å². The number of methoxy groups -OCH3 is 1. The Bertz CT molecular complexity index is 722. The number of nitrogens with zero attached hydrogens (tertiary/aromatic N) is 1. The topological polar surface area (TPSA) is 87.7 Å². The molecular weight excluding hydrogens is 382 g/mol. The van der Waals surface area contributed by atoms with E-state index in [-0.39, 0.29) is 29.7 Å². The number of benzene rings is 1. The van der Waals surface area contributed by atoms with E-state index < -0.39 is 6.04 Å². The molecular formula is C23H35N3O4. The van der Waals surface area contributed by atoms with E-state index in [0.717, 1.165) is 0 Å². The monoisotopic (exact) mass is 417 g/mol. The van der Waals surface area contributed by atoms with Gasteiger partial charge in [0.05, 0.1) is 7.11 Å². The van der Waals surface area contributed by atoms with Crippen LogP contribution in [0, 0.1) is 11.8 Å². The Balaban J connectivity index is 2.07. The van der Waals surface area contributed by atoms with E-state index in [1.54, 1.807) is 31.4 Å². The highest BCUT2D eigenvalue weighted by atomic mass is 16.5. The number of likely N-dealkylation sites (tertiary alicyclic amines) is 1. The molecule has 1 aromatic carbocycles. The van der Waals surface area contributed by atoms with Crippen LogP contribution in [0.2, 0.25) is 0 Å². The molecule has 2 N–H and O–H groups in total. The Labute approximate surface area is 179 Å². The molecule has 1 aliphatic heterocycles. The number of hydrogen-bond donors (Lipinski definition) is 2. The lowest BCUT2D eigenvalue weighted by Crippen LogP contribution is -2.54. The molecule has 0 aromatic heterocycles. The maximum absolute atomic E-state index is 12.9. The molecule has 0 saturated carbocycles. The normalized spacial score (nSPS) is 15.8. The summed E-state index contributed by atoms with van der Waals surface area (Å²) in [5, 5.41) is 5.85. The number of hydrogen-bond acceptors (Lipinski definition) is 4. The summed E-state index contributed by atoms with van der Waals surface area (Å²) < 4.78 is 5.13. The summed E-state index contributed by atoms with van der Waals surface area (Å²) >= 11 is 0. The lowest BCUT2D eigenvalue weighted by atomic mass is 9.88. The summed E-state index contributed by atoms with van der Waals surface area (Å²) in [6, 6.07) is 6.14. The van der Waals surface area contributed by atoms with Gasteiger partial charge < -0.3 is 20.3 Å².